The average Bonchev–Trinajstić information content (AvgIpc) is 3.64. The van der Waals surface area contributed by atoms with Crippen LogP contribution in [0.15, 0.2) is 194 Å². The SMILES string of the molecule is C=C/C=C(C#N)\C(=C/C)c1c2ccccc2c(-c2cccc3c2sc2ccc(-c4c5ccccc5c(-c5ccccc5)c5ccccc45)cc23)c2ccccc12. The van der Waals surface area contributed by atoms with E-state index in [1.165, 1.54) is 85.9 Å². The summed E-state index contributed by atoms with van der Waals surface area (Å²) in [7, 11) is 0. The van der Waals surface area contributed by atoms with E-state index >= 15 is 0 Å². The Hall–Kier alpha value is -7.05. The summed E-state index contributed by atoms with van der Waals surface area (Å²) in [5.41, 5.74) is 10.0. The number of nitriles is 1. The second kappa shape index (κ2) is 13.7. The zero-order valence-corrected chi connectivity index (χ0v) is 31.7. The van der Waals surface area contributed by atoms with Gasteiger partial charge in [0, 0.05) is 25.7 Å². The van der Waals surface area contributed by atoms with Crippen molar-refractivity contribution < 1.29 is 0 Å². The van der Waals surface area contributed by atoms with Crippen LogP contribution >= 0.6 is 11.3 Å². The maximum Gasteiger partial charge on any atom is 0.0998 e. The lowest BCUT2D eigenvalue weighted by Gasteiger charge is -2.19. The third-order valence-electron chi connectivity index (χ3n) is 11.2. The van der Waals surface area contributed by atoms with Crippen molar-refractivity contribution in [3.8, 4) is 39.4 Å². The van der Waals surface area contributed by atoms with Gasteiger partial charge < -0.3 is 0 Å². The van der Waals surface area contributed by atoms with Crippen molar-refractivity contribution in [1.29, 1.82) is 5.26 Å². The molecule has 1 aromatic heterocycles. The molecule has 0 amide bonds. The quantitative estimate of drug-likeness (QED) is 0.0950. The summed E-state index contributed by atoms with van der Waals surface area (Å²) in [5.74, 6) is 0. The molecule has 0 N–H and O–H groups in total. The highest BCUT2D eigenvalue weighted by molar-refractivity contribution is 7.26. The molecule has 0 saturated heterocycles. The Bertz CT molecular complexity index is 3220. The first-order chi connectivity index (χ1) is 27.7. The molecule has 0 fully saturated rings. The van der Waals surface area contributed by atoms with Gasteiger partial charge in [-0.3, -0.25) is 0 Å². The molecule has 9 aromatic carbocycles. The fourth-order valence-electron chi connectivity index (χ4n) is 8.95. The number of nitrogens with zero attached hydrogens (tertiary/aromatic N) is 1. The second-order valence-corrected chi connectivity index (χ2v) is 15.2. The summed E-state index contributed by atoms with van der Waals surface area (Å²) >= 11 is 1.87. The molecule has 0 radical (unpaired) electrons. The Kier molecular flexibility index (Phi) is 8.18. The van der Waals surface area contributed by atoms with Crippen LogP contribution < -0.4 is 0 Å². The van der Waals surface area contributed by atoms with Crippen LogP contribution in [-0.2, 0) is 0 Å². The maximum atomic E-state index is 10.2. The van der Waals surface area contributed by atoms with E-state index < -0.39 is 0 Å². The Morgan fingerprint density at radius 1 is 0.518 bits per heavy atom. The summed E-state index contributed by atoms with van der Waals surface area (Å²) in [6, 6.07) is 62.1. The number of benzene rings is 9. The zero-order chi connectivity index (χ0) is 37.8. The van der Waals surface area contributed by atoms with E-state index in [2.05, 4.69) is 183 Å². The highest BCUT2D eigenvalue weighted by Gasteiger charge is 2.22. The van der Waals surface area contributed by atoms with Gasteiger partial charge in [-0.15, -0.1) is 11.3 Å². The summed E-state index contributed by atoms with van der Waals surface area (Å²) in [6.45, 7) is 5.90. The molecule has 1 nitrogen and oxygen atoms in total. The maximum absolute atomic E-state index is 10.2. The fourth-order valence-corrected chi connectivity index (χ4v) is 10.2. The summed E-state index contributed by atoms with van der Waals surface area (Å²) < 4.78 is 2.53. The number of rotatable bonds is 6. The number of allylic oxidation sites excluding steroid dienone is 5. The Balaban J connectivity index is 1.24. The number of hydrogen-bond donors (Lipinski definition) is 0. The van der Waals surface area contributed by atoms with E-state index in [0.29, 0.717) is 5.57 Å². The van der Waals surface area contributed by atoms with Crippen molar-refractivity contribution in [2.75, 3.05) is 0 Å². The first-order valence-electron chi connectivity index (χ1n) is 19.0. The smallest absolute Gasteiger partial charge is 0.0998 e. The summed E-state index contributed by atoms with van der Waals surface area (Å²) in [5, 5.41) is 22.4. The van der Waals surface area contributed by atoms with Crippen molar-refractivity contribution in [3.63, 3.8) is 0 Å². The van der Waals surface area contributed by atoms with E-state index in [4.69, 9.17) is 0 Å². The third-order valence-corrected chi connectivity index (χ3v) is 12.5. The van der Waals surface area contributed by atoms with Gasteiger partial charge in [-0.05, 0) is 107 Å². The van der Waals surface area contributed by atoms with Crippen molar-refractivity contribution in [2.24, 2.45) is 0 Å². The van der Waals surface area contributed by atoms with Gasteiger partial charge in [0.05, 0.1) is 11.6 Å². The largest absolute Gasteiger partial charge is 0.192 e. The van der Waals surface area contributed by atoms with E-state index in [1.54, 1.807) is 6.08 Å². The second-order valence-electron chi connectivity index (χ2n) is 14.2. The number of fused-ring (bicyclic) bond motifs is 7. The topological polar surface area (TPSA) is 23.8 Å². The minimum atomic E-state index is 0.600. The Morgan fingerprint density at radius 3 is 1.55 bits per heavy atom. The van der Waals surface area contributed by atoms with Crippen LogP contribution in [0.2, 0.25) is 0 Å². The summed E-state index contributed by atoms with van der Waals surface area (Å²) in [6.07, 6.45) is 5.56. The molecule has 0 aliphatic rings. The van der Waals surface area contributed by atoms with Crippen LogP contribution in [0.1, 0.15) is 12.5 Å². The highest BCUT2D eigenvalue weighted by atomic mass is 32.1. The minimum Gasteiger partial charge on any atom is -0.192 e. The minimum absolute atomic E-state index is 0.600. The zero-order valence-electron chi connectivity index (χ0n) is 30.9. The average molecular weight is 730 g/mol. The van der Waals surface area contributed by atoms with Gasteiger partial charge >= 0.3 is 0 Å². The van der Waals surface area contributed by atoms with Crippen LogP contribution in [0.4, 0.5) is 0 Å². The molecule has 262 valence electrons. The fraction of sp³-hybridized carbons (Fsp3) is 0.0185. The molecule has 0 aliphatic heterocycles. The normalized spacial score (nSPS) is 12.3. The van der Waals surface area contributed by atoms with E-state index in [1.807, 2.05) is 24.3 Å². The molecule has 0 unspecified atom stereocenters. The van der Waals surface area contributed by atoms with Gasteiger partial charge in [0.15, 0.2) is 0 Å². The van der Waals surface area contributed by atoms with Crippen molar-refractivity contribution in [2.45, 2.75) is 6.92 Å². The van der Waals surface area contributed by atoms with Crippen LogP contribution in [0.5, 0.6) is 0 Å². The van der Waals surface area contributed by atoms with E-state index in [9.17, 15) is 5.26 Å². The van der Waals surface area contributed by atoms with E-state index in [0.717, 1.165) is 21.9 Å². The molecule has 2 heteroatoms. The standard InChI is InChI=1S/C54H35NS/c1-3-17-36(33-55)37(4-2)52-42-24-12-14-26-44(42)53(45-27-15-13-25-43(45)52)47-29-16-28-46-48-32-35(30-31-49(48)56-54(46)47)51-40-22-10-8-20-38(40)50(34-18-6-5-7-19-34)39-21-9-11-23-41(39)51/h3-32H,1H2,2H3/b36-17-,37-4+. The van der Waals surface area contributed by atoms with Gasteiger partial charge in [-0.2, -0.15) is 5.26 Å². The molecule has 0 spiro atoms. The lowest BCUT2D eigenvalue weighted by Crippen LogP contribution is -1.95. The van der Waals surface area contributed by atoms with Crippen molar-refractivity contribution in [3.05, 3.63) is 200 Å². The molecule has 0 bridgehead atoms. The number of hydrogen-bond acceptors (Lipinski definition) is 2. The van der Waals surface area contributed by atoms with Gasteiger partial charge in [0.1, 0.15) is 0 Å². The van der Waals surface area contributed by atoms with Crippen LogP contribution in [0.3, 0.4) is 0 Å². The molecule has 56 heavy (non-hydrogen) atoms. The van der Waals surface area contributed by atoms with Crippen LogP contribution in [0, 0.1) is 11.3 Å². The lowest BCUT2D eigenvalue weighted by atomic mass is 9.83. The van der Waals surface area contributed by atoms with Gasteiger partial charge in [-0.1, -0.05) is 170 Å². The lowest BCUT2D eigenvalue weighted by molar-refractivity contribution is 1.49. The predicted octanol–water partition coefficient (Wildman–Crippen LogP) is 15.7. The Labute approximate surface area is 330 Å². The first-order valence-corrected chi connectivity index (χ1v) is 19.8. The van der Waals surface area contributed by atoms with Crippen molar-refractivity contribution in [1.82, 2.24) is 0 Å². The first kappa shape index (κ1) is 33.5. The van der Waals surface area contributed by atoms with Gasteiger partial charge in [-0.25, -0.2) is 0 Å². The summed E-state index contributed by atoms with van der Waals surface area (Å²) in [4.78, 5) is 0. The highest BCUT2D eigenvalue weighted by Crippen LogP contribution is 2.49. The molecule has 0 saturated carbocycles. The van der Waals surface area contributed by atoms with Crippen molar-refractivity contribution >= 4 is 80.2 Å². The van der Waals surface area contributed by atoms with E-state index in [-0.39, 0.29) is 0 Å². The molecule has 1 heterocycles. The molecular formula is C54H35NS. The van der Waals surface area contributed by atoms with Gasteiger partial charge in [0.2, 0.25) is 0 Å². The van der Waals surface area contributed by atoms with Gasteiger partial charge in [0.25, 0.3) is 0 Å². The predicted molar refractivity (Wildman–Crippen MR) is 243 cm³/mol. The molecule has 0 atom stereocenters. The van der Waals surface area contributed by atoms with Crippen LogP contribution in [0.25, 0.3) is 102 Å². The monoisotopic (exact) mass is 729 g/mol. The number of thiophene rings is 1. The molecule has 10 rings (SSSR count). The third kappa shape index (κ3) is 5.13. The molecule has 0 aliphatic carbocycles. The Morgan fingerprint density at radius 2 is 1.02 bits per heavy atom. The van der Waals surface area contributed by atoms with Crippen LogP contribution in [-0.4, -0.2) is 0 Å². The molecule has 10 aromatic rings. The molecular weight excluding hydrogens is 695 g/mol.